The Hall–Kier alpha value is -2.71. The molecular formula is C14H14F2N4O3. The van der Waals surface area contributed by atoms with Gasteiger partial charge in [-0.15, -0.1) is 0 Å². The maximum absolute atomic E-state index is 14.2. The van der Waals surface area contributed by atoms with E-state index in [0.717, 1.165) is 6.07 Å². The van der Waals surface area contributed by atoms with Gasteiger partial charge in [-0.25, -0.2) is 13.6 Å². The van der Waals surface area contributed by atoms with Crippen LogP contribution in [0.5, 0.6) is 0 Å². The SMILES string of the molecule is COC(=O)N1CC(c2nc(-c3cc(F)c(C)c(N)c3F)no2)C1. The quantitative estimate of drug-likeness (QED) is 0.850. The Kier molecular flexibility index (Phi) is 3.63. The number of ether oxygens (including phenoxy) is 1. The fraction of sp³-hybridized carbons (Fsp3) is 0.357. The number of anilines is 1. The number of nitrogens with zero attached hydrogens (tertiary/aromatic N) is 3. The van der Waals surface area contributed by atoms with Crippen molar-refractivity contribution in [2.45, 2.75) is 12.8 Å². The van der Waals surface area contributed by atoms with E-state index in [1.54, 1.807) is 0 Å². The lowest BCUT2D eigenvalue weighted by Crippen LogP contribution is -2.48. The Bertz CT molecular complexity index is 772. The van der Waals surface area contributed by atoms with Crippen LogP contribution in [0, 0.1) is 18.6 Å². The molecule has 0 spiro atoms. The highest BCUT2D eigenvalue weighted by Gasteiger charge is 2.36. The molecule has 1 amide bonds. The summed E-state index contributed by atoms with van der Waals surface area (Å²) in [6.45, 7) is 2.11. The largest absolute Gasteiger partial charge is 0.453 e. The molecular weight excluding hydrogens is 310 g/mol. The normalized spacial score (nSPS) is 14.7. The Labute approximate surface area is 130 Å². The summed E-state index contributed by atoms with van der Waals surface area (Å²) in [5, 5.41) is 3.67. The van der Waals surface area contributed by atoms with Gasteiger partial charge in [0.05, 0.1) is 24.3 Å². The number of hydrogen-bond acceptors (Lipinski definition) is 6. The summed E-state index contributed by atoms with van der Waals surface area (Å²) >= 11 is 0. The second kappa shape index (κ2) is 5.49. The van der Waals surface area contributed by atoms with E-state index in [4.69, 9.17) is 10.3 Å². The van der Waals surface area contributed by atoms with E-state index in [-0.39, 0.29) is 34.4 Å². The number of nitrogens with two attached hydrogens (primary N) is 1. The minimum absolute atomic E-state index is 0.0303. The Morgan fingerprint density at radius 3 is 2.83 bits per heavy atom. The summed E-state index contributed by atoms with van der Waals surface area (Å²) in [5.74, 6) is -1.43. The predicted molar refractivity (Wildman–Crippen MR) is 75.5 cm³/mol. The average molecular weight is 324 g/mol. The monoisotopic (exact) mass is 324 g/mol. The molecule has 2 N–H and O–H groups in total. The van der Waals surface area contributed by atoms with Crippen LogP contribution in [0.3, 0.4) is 0 Å². The van der Waals surface area contributed by atoms with Gasteiger partial charge in [0, 0.05) is 18.7 Å². The van der Waals surface area contributed by atoms with E-state index >= 15 is 0 Å². The highest BCUT2D eigenvalue weighted by Crippen LogP contribution is 2.31. The number of benzene rings is 1. The third-order valence-electron chi connectivity index (χ3n) is 3.85. The molecule has 7 nitrogen and oxygen atoms in total. The van der Waals surface area contributed by atoms with Gasteiger partial charge in [0.25, 0.3) is 0 Å². The number of halogens is 2. The fourth-order valence-electron chi connectivity index (χ4n) is 2.32. The zero-order valence-electron chi connectivity index (χ0n) is 12.5. The second-order valence-corrected chi connectivity index (χ2v) is 5.29. The second-order valence-electron chi connectivity index (χ2n) is 5.29. The van der Waals surface area contributed by atoms with Crippen molar-refractivity contribution in [3.63, 3.8) is 0 Å². The molecule has 1 aromatic carbocycles. The van der Waals surface area contributed by atoms with Crippen molar-refractivity contribution in [3.05, 3.63) is 29.2 Å². The lowest BCUT2D eigenvalue weighted by Gasteiger charge is -2.35. The average Bonchev–Trinajstić information content (AvgIpc) is 2.96. The molecule has 1 aliphatic rings. The molecule has 1 fully saturated rings. The zero-order valence-corrected chi connectivity index (χ0v) is 12.5. The third-order valence-corrected chi connectivity index (χ3v) is 3.85. The number of carbonyl (C=O) groups is 1. The molecule has 0 radical (unpaired) electrons. The van der Waals surface area contributed by atoms with Crippen LogP contribution in [0.15, 0.2) is 10.6 Å². The van der Waals surface area contributed by atoms with Crippen LogP contribution in [0.1, 0.15) is 17.4 Å². The summed E-state index contributed by atoms with van der Waals surface area (Å²) < 4.78 is 37.6. The number of rotatable bonds is 2. The van der Waals surface area contributed by atoms with Crippen molar-refractivity contribution in [2.24, 2.45) is 0 Å². The van der Waals surface area contributed by atoms with Gasteiger partial charge in [0.2, 0.25) is 11.7 Å². The number of hydrogen-bond donors (Lipinski definition) is 1. The highest BCUT2D eigenvalue weighted by atomic mass is 19.1. The summed E-state index contributed by atoms with van der Waals surface area (Å²) in [7, 11) is 1.29. The van der Waals surface area contributed by atoms with Gasteiger partial charge in [-0.05, 0) is 13.0 Å². The molecule has 0 unspecified atom stereocenters. The van der Waals surface area contributed by atoms with Crippen molar-refractivity contribution < 1.29 is 22.8 Å². The van der Waals surface area contributed by atoms with Crippen molar-refractivity contribution in [1.29, 1.82) is 0 Å². The van der Waals surface area contributed by atoms with Crippen LogP contribution in [0.4, 0.5) is 19.3 Å². The van der Waals surface area contributed by atoms with Crippen LogP contribution >= 0.6 is 0 Å². The molecule has 1 saturated heterocycles. The predicted octanol–water partition coefficient (Wildman–Crippen LogP) is 2.07. The summed E-state index contributed by atoms with van der Waals surface area (Å²) in [6.07, 6.45) is -0.444. The van der Waals surface area contributed by atoms with Crippen molar-refractivity contribution >= 4 is 11.8 Å². The van der Waals surface area contributed by atoms with Crippen LogP contribution in [-0.4, -0.2) is 41.3 Å². The third kappa shape index (κ3) is 2.47. The molecule has 1 aliphatic heterocycles. The topological polar surface area (TPSA) is 94.5 Å². The highest BCUT2D eigenvalue weighted by molar-refractivity contribution is 5.69. The smallest absolute Gasteiger partial charge is 0.409 e. The molecule has 122 valence electrons. The van der Waals surface area contributed by atoms with Crippen LogP contribution in [0.2, 0.25) is 0 Å². The summed E-state index contributed by atoms with van der Waals surface area (Å²) in [5.41, 5.74) is 5.12. The number of aromatic nitrogens is 2. The van der Waals surface area contributed by atoms with Crippen molar-refractivity contribution in [2.75, 3.05) is 25.9 Å². The van der Waals surface area contributed by atoms with E-state index in [2.05, 4.69) is 14.9 Å². The molecule has 0 bridgehead atoms. The first kappa shape index (κ1) is 15.2. The van der Waals surface area contributed by atoms with Crippen LogP contribution < -0.4 is 5.73 Å². The molecule has 0 saturated carbocycles. The standard InChI is InChI=1S/C14H14F2N4O3/c1-6-9(15)3-8(10(16)11(6)17)12-18-13(23-19-12)7-4-20(5-7)14(21)22-2/h3,7H,4-5,17H2,1-2H3. The molecule has 3 rings (SSSR count). The Morgan fingerprint density at radius 2 is 2.17 bits per heavy atom. The number of nitrogen functional groups attached to an aromatic ring is 1. The first-order chi connectivity index (χ1) is 10.9. The maximum Gasteiger partial charge on any atom is 0.409 e. The van der Waals surface area contributed by atoms with Gasteiger partial charge in [-0.3, -0.25) is 0 Å². The fourth-order valence-corrected chi connectivity index (χ4v) is 2.32. The Balaban J connectivity index is 1.83. The van der Waals surface area contributed by atoms with E-state index in [1.165, 1.54) is 18.9 Å². The van der Waals surface area contributed by atoms with E-state index in [9.17, 15) is 13.6 Å². The zero-order chi connectivity index (χ0) is 16.7. The van der Waals surface area contributed by atoms with E-state index in [1.807, 2.05) is 0 Å². The Morgan fingerprint density at radius 1 is 1.48 bits per heavy atom. The van der Waals surface area contributed by atoms with Gasteiger partial charge in [-0.2, -0.15) is 4.98 Å². The van der Waals surface area contributed by atoms with Gasteiger partial charge >= 0.3 is 6.09 Å². The van der Waals surface area contributed by atoms with Gasteiger partial charge < -0.3 is 19.9 Å². The number of amides is 1. The number of methoxy groups -OCH3 is 1. The first-order valence-corrected chi connectivity index (χ1v) is 6.83. The molecule has 23 heavy (non-hydrogen) atoms. The van der Waals surface area contributed by atoms with Gasteiger partial charge in [-0.1, -0.05) is 5.16 Å². The minimum atomic E-state index is -0.791. The molecule has 0 atom stereocenters. The number of carbonyl (C=O) groups excluding carboxylic acids is 1. The van der Waals surface area contributed by atoms with Crippen LogP contribution in [0.25, 0.3) is 11.4 Å². The van der Waals surface area contributed by atoms with Gasteiger partial charge in [0.15, 0.2) is 5.82 Å². The summed E-state index contributed by atoms with van der Waals surface area (Å²) in [4.78, 5) is 16.8. The first-order valence-electron chi connectivity index (χ1n) is 6.83. The minimum Gasteiger partial charge on any atom is -0.453 e. The van der Waals surface area contributed by atoms with E-state index in [0.29, 0.717) is 13.1 Å². The molecule has 9 heteroatoms. The van der Waals surface area contributed by atoms with Crippen molar-refractivity contribution in [3.8, 4) is 11.4 Å². The van der Waals surface area contributed by atoms with Crippen LogP contribution in [-0.2, 0) is 4.74 Å². The lowest BCUT2D eigenvalue weighted by atomic mass is 10.0. The lowest BCUT2D eigenvalue weighted by molar-refractivity contribution is 0.0804. The molecule has 2 aromatic rings. The maximum atomic E-state index is 14.2. The van der Waals surface area contributed by atoms with E-state index < -0.39 is 17.7 Å². The molecule has 0 aliphatic carbocycles. The molecule has 2 heterocycles. The van der Waals surface area contributed by atoms with Gasteiger partial charge in [0.1, 0.15) is 5.82 Å². The van der Waals surface area contributed by atoms with Crippen molar-refractivity contribution in [1.82, 2.24) is 15.0 Å². The number of likely N-dealkylation sites (tertiary alicyclic amines) is 1. The molecule has 1 aromatic heterocycles. The summed E-state index contributed by atoms with van der Waals surface area (Å²) in [6, 6.07) is 0.983.